The van der Waals surface area contributed by atoms with Gasteiger partial charge in [-0.05, 0) is 43.5 Å². The van der Waals surface area contributed by atoms with Crippen molar-refractivity contribution in [1.29, 1.82) is 0 Å². The molecule has 0 radical (unpaired) electrons. The molecule has 1 fully saturated rings. The first kappa shape index (κ1) is 17.1. The van der Waals surface area contributed by atoms with Gasteiger partial charge in [0.25, 0.3) is 0 Å². The molecule has 20 heavy (non-hydrogen) atoms. The smallest absolute Gasteiger partial charge is 0.223 e. The van der Waals surface area contributed by atoms with Gasteiger partial charge in [0.2, 0.25) is 5.91 Å². The SMILES string of the molecule is Cl.NC1CCC(C(=O)NCCOc2ccc(Cl)cc2)C1. The third-order valence-electron chi connectivity index (χ3n) is 3.33. The molecule has 2 rings (SSSR count). The van der Waals surface area contributed by atoms with E-state index in [1.54, 1.807) is 24.3 Å². The Balaban J connectivity index is 0.00000200. The maximum Gasteiger partial charge on any atom is 0.223 e. The topological polar surface area (TPSA) is 64.4 Å². The zero-order valence-electron chi connectivity index (χ0n) is 11.2. The lowest BCUT2D eigenvalue weighted by Gasteiger charge is -2.11. The van der Waals surface area contributed by atoms with Crippen molar-refractivity contribution in [3.05, 3.63) is 29.3 Å². The highest BCUT2D eigenvalue weighted by atomic mass is 35.5. The summed E-state index contributed by atoms with van der Waals surface area (Å²) < 4.78 is 5.50. The lowest BCUT2D eigenvalue weighted by Crippen LogP contribution is -2.33. The van der Waals surface area contributed by atoms with Crippen molar-refractivity contribution >= 4 is 29.9 Å². The molecule has 1 aliphatic carbocycles. The Kier molecular flexibility index (Phi) is 7.13. The maximum atomic E-state index is 11.8. The van der Waals surface area contributed by atoms with Crippen molar-refractivity contribution in [3.63, 3.8) is 0 Å². The van der Waals surface area contributed by atoms with Crippen LogP contribution in [0.2, 0.25) is 5.02 Å². The Morgan fingerprint density at radius 3 is 2.65 bits per heavy atom. The number of nitrogens with two attached hydrogens (primary N) is 1. The first-order valence-electron chi connectivity index (χ1n) is 6.57. The fraction of sp³-hybridized carbons (Fsp3) is 0.500. The summed E-state index contributed by atoms with van der Waals surface area (Å²) in [7, 11) is 0. The van der Waals surface area contributed by atoms with Crippen molar-refractivity contribution in [2.75, 3.05) is 13.2 Å². The summed E-state index contributed by atoms with van der Waals surface area (Å²) in [5.74, 6) is 0.916. The van der Waals surface area contributed by atoms with Crippen LogP contribution < -0.4 is 15.8 Å². The molecule has 2 atom stereocenters. The van der Waals surface area contributed by atoms with Crippen LogP contribution in [-0.4, -0.2) is 25.1 Å². The van der Waals surface area contributed by atoms with Gasteiger partial charge >= 0.3 is 0 Å². The number of nitrogens with one attached hydrogen (secondary N) is 1. The normalized spacial score (nSPS) is 21.1. The molecule has 1 aromatic carbocycles. The molecule has 0 aromatic heterocycles. The Labute approximate surface area is 130 Å². The lowest BCUT2D eigenvalue weighted by molar-refractivity contribution is -0.124. The Bertz CT molecular complexity index is 426. The van der Waals surface area contributed by atoms with Crippen LogP contribution in [0.1, 0.15) is 19.3 Å². The van der Waals surface area contributed by atoms with Crippen LogP contribution >= 0.6 is 24.0 Å². The first-order chi connectivity index (χ1) is 9.15. The number of amides is 1. The summed E-state index contributed by atoms with van der Waals surface area (Å²) in [5.41, 5.74) is 5.79. The summed E-state index contributed by atoms with van der Waals surface area (Å²) in [4.78, 5) is 11.8. The zero-order valence-corrected chi connectivity index (χ0v) is 12.8. The van der Waals surface area contributed by atoms with Crippen molar-refractivity contribution in [2.45, 2.75) is 25.3 Å². The average molecular weight is 319 g/mol. The van der Waals surface area contributed by atoms with Crippen LogP contribution in [0.3, 0.4) is 0 Å². The van der Waals surface area contributed by atoms with Gasteiger partial charge in [-0.3, -0.25) is 4.79 Å². The summed E-state index contributed by atoms with van der Waals surface area (Å²) in [6, 6.07) is 7.34. The van der Waals surface area contributed by atoms with E-state index in [4.69, 9.17) is 22.1 Å². The molecule has 0 bridgehead atoms. The van der Waals surface area contributed by atoms with Gasteiger partial charge in [0.05, 0.1) is 6.54 Å². The molecule has 0 spiro atoms. The van der Waals surface area contributed by atoms with E-state index in [1.165, 1.54) is 0 Å². The minimum atomic E-state index is 0. The van der Waals surface area contributed by atoms with Crippen LogP contribution in [-0.2, 0) is 4.79 Å². The van der Waals surface area contributed by atoms with E-state index in [0.29, 0.717) is 18.2 Å². The standard InChI is InChI=1S/C14H19ClN2O2.ClH/c15-11-2-5-13(6-3-11)19-8-7-17-14(18)10-1-4-12(16)9-10;/h2-3,5-6,10,12H,1,4,7-9,16H2,(H,17,18);1H. The highest BCUT2D eigenvalue weighted by Crippen LogP contribution is 2.23. The molecule has 0 aliphatic heterocycles. The highest BCUT2D eigenvalue weighted by Gasteiger charge is 2.27. The van der Waals surface area contributed by atoms with Gasteiger partial charge in [0, 0.05) is 17.0 Å². The molecule has 1 amide bonds. The highest BCUT2D eigenvalue weighted by molar-refractivity contribution is 6.30. The summed E-state index contributed by atoms with van der Waals surface area (Å²) in [5, 5.41) is 3.56. The fourth-order valence-corrected chi connectivity index (χ4v) is 2.40. The van der Waals surface area contributed by atoms with Crippen LogP contribution in [0, 0.1) is 5.92 Å². The number of ether oxygens (including phenoxy) is 1. The van der Waals surface area contributed by atoms with Crippen LogP contribution in [0.15, 0.2) is 24.3 Å². The van der Waals surface area contributed by atoms with E-state index < -0.39 is 0 Å². The summed E-state index contributed by atoms with van der Waals surface area (Å²) in [6.45, 7) is 0.958. The minimum Gasteiger partial charge on any atom is -0.492 e. The van der Waals surface area contributed by atoms with Gasteiger partial charge in [0.15, 0.2) is 0 Å². The van der Waals surface area contributed by atoms with Crippen molar-refractivity contribution in [3.8, 4) is 5.75 Å². The van der Waals surface area contributed by atoms with Crippen molar-refractivity contribution in [2.24, 2.45) is 11.7 Å². The van der Waals surface area contributed by atoms with E-state index in [-0.39, 0.29) is 30.3 Å². The largest absolute Gasteiger partial charge is 0.492 e. The molecule has 1 aliphatic rings. The number of carbonyl (C=O) groups is 1. The Morgan fingerprint density at radius 1 is 1.35 bits per heavy atom. The Morgan fingerprint density at radius 2 is 2.05 bits per heavy atom. The second-order valence-corrected chi connectivity index (χ2v) is 5.30. The van der Waals surface area contributed by atoms with E-state index in [1.807, 2.05) is 0 Å². The van der Waals surface area contributed by atoms with Gasteiger partial charge < -0.3 is 15.8 Å². The molecule has 0 heterocycles. The molecule has 1 aromatic rings. The van der Waals surface area contributed by atoms with E-state index in [0.717, 1.165) is 25.0 Å². The lowest BCUT2D eigenvalue weighted by atomic mass is 10.1. The second kappa shape index (κ2) is 8.35. The second-order valence-electron chi connectivity index (χ2n) is 4.86. The number of hydrogen-bond acceptors (Lipinski definition) is 3. The molecule has 0 saturated heterocycles. The summed E-state index contributed by atoms with van der Waals surface area (Å²) >= 11 is 5.78. The van der Waals surface area contributed by atoms with Crippen LogP contribution in [0.5, 0.6) is 5.75 Å². The third kappa shape index (κ3) is 5.19. The molecule has 4 nitrogen and oxygen atoms in total. The van der Waals surface area contributed by atoms with Crippen LogP contribution in [0.4, 0.5) is 0 Å². The van der Waals surface area contributed by atoms with Gasteiger partial charge in [-0.2, -0.15) is 0 Å². The molecular weight excluding hydrogens is 299 g/mol. The molecule has 6 heteroatoms. The number of halogens is 2. The quantitative estimate of drug-likeness (QED) is 0.819. The summed E-state index contributed by atoms with van der Waals surface area (Å²) in [6.07, 6.45) is 2.63. The molecule has 2 unspecified atom stereocenters. The first-order valence-corrected chi connectivity index (χ1v) is 6.94. The van der Waals surface area contributed by atoms with E-state index in [9.17, 15) is 4.79 Å². The van der Waals surface area contributed by atoms with Gasteiger partial charge in [0.1, 0.15) is 12.4 Å². The third-order valence-corrected chi connectivity index (χ3v) is 3.58. The molecular formula is C14H20Cl2N2O2. The van der Waals surface area contributed by atoms with Gasteiger partial charge in [-0.25, -0.2) is 0 Å². The monoisotopic (exact) mass is 318 g/mol. The van der Waals surface area contributed by atoms with Gasteiger partial charge in [-0.1, -0.05) is 11.6 Å². The van der Waals surface area contributed by atoms with E-state index >= 15 is 0 Å². The number of rotatable bonds is 5. The molecule has 1 saturated carbocycles. The number of carbonyl (C=O) groups excluding carboxylic acids is 1. The van der Waals surface area contributed by atoms with Crippen molar-refractivity contribution < 1.29 is 9.53 Å². The number of benzene rings is 1. The number of hydrogen-bond donors (Lipinski definition) is 2. The predicted molar refractivity (Wildman–Crippen MR) is 82.5 cm³/mol. The average Bonchev–Trinajstić information content (AvgIpc) is 2.83. The molecule has 112 valence electrons. The maximum absolute atomic E-state index is 11.8. The van der Waals surface area contributed by atoms with Gasteiger partial charge in [-0.15, -0.1) is 12.4 Å². The van der Waals surface area contributed by atoms with Crippen LogP contribution in [0.25, 0.3) is 0 Å². The van der Waals surface area contributed by atoms with Crippen molar-refractivity contribution in [1.82, 2.24) is 5.32 Å². The molecule has 3 N–H and O–H groups in total. The Hall–Kier alpha value is -0.970. The fourth-order valence-electron chi connectivity index (χ4n) is 2.27. The zero-order chi connectivity index (χ0) is 13.7. The predicted octanol–water partition coefficient (Wildman–Crippen LogP) is 2.38. The minimum absolute atomic E-state index is 0. The van der Waals surface area contributed by atoms with E-state index in [2.05, 4.69) is 5.32 Å².